The number of hydrogen-bond donors (Lipinski definition) is 0. The smallest absolute Gasteiger partial charge is 0.146 e. The highest BCUT2D eigenvalue weighted by atomic mass is 127. The molecule has 2 heterocycles. The van der Waals surface area contributed by atoms with E-state index in [1.807, 2.05) is 12.1 Å². The maximum Gasteiger partial charge on any atom is 0.146 e. The van der Waals surface area contributed by atoms with E-state index in [2.05, 4.69) is 53.9 Å². The summed E-state index contributed by atoms with van der Waals surface area (Å²) in [6.07, 6.45) is 7.20. The summed E-state index contributed by atoms with van der Waals surface area (Å²) in [7, 11) is 0. The average Bonchev–Trinajstić information content (AvgIpc) is 2.54. The second kappa shape index (κ2) is 8.00. The molecule has 0 aromatic carbocycles. The standard InChI is InChI=1S/C15H16IN5/c1-2-4-14(15-18-7-3-8-19-15)21(16)11-13-6-5-12(9-17)10-20-13/h3,5-8,10,14H,2,4,11H2,1H3/t14-/m0/s1. The molecule has 108 valence electrons. The van der Waals surface area contributed by atoms with Crippen LogP contribution in [0.3, 0.4) is 0 Å². The lowest BCUT2D eigenvalue weighted by atomic mass is 10.1. The van der Waals surface area contributed by atoms with E-state index in [1.54, 1.807) is 24.7 Å². The van der Waals surface area contributed by atoms with E-state index in [0.29, 0.717) is 12.1 Å². The third kappa shape index (κ3) is 4.44. The quantitative estimate of drug-likeness (QED) is 0.556. The molecule has 0 fully saturated rings. The Morgan fingerprint density at radius 1 is 1.29 bits per heavy atom. The number of nitriles is 1. The Morgan fingerprint density at radius 3 is 2.62 bits per heavy atom. The van der Waals surface area contributed by atoms with Gasteiger partial charge in [0.1, 0.15) is 11.9 Å². The maximum atomic E-state index is 8.80. The van der Waals surface area contributed by atoms with Crippen LogP contribution in [0.15, 0.2) is 36.8 Å². The molecule has 0 radical (unpaired) electrons. The fraction of sp³-hybridized carbons (Fsp3) is 0.333. The highest BCUT2D eigenvalue weighted by Crippen LogP contribution is 2.27. The van der Waals surface area contributed by atoms with Crippen LogP contribution in [0.2, 0.25) is 0 Å². The number of rotatable bonds is 6. The minimum absolute atomic E-state index is 0.161. The van der Waals surface area contributed by atoms with Crippen molar-refractivity contribution in [3.8, 4) is 6.07 Å². The predicted molar refractivity (Wildman–Crippen MR) is 88.2 cm³/mol. The van der Waals surface area contributed by atoms with Crippen LogP contribution >= 0.6 is 22.9 Å². The topological polar surface area (TPSA) is 65.7 Å². The van der Waals surface area contributed by atoms with Gasteiger partial charge in [-0.2, -0.15) is 5.26 Å². The number of halogens is 1. The summed E-state index contributed by atoms with van der Waals surface area (Å²) in [5.74, 6) is 0.836. The Kier molecular flexibility index (Phi) is 6.02. The number of nitrogens with zero attached hydrogens (tertiary/aromatic N) is 5. The van der Waals surface area contributed by atoms with Gasteiger partial charge in [0.2, 0.25) is 0 Å². The van der Waals surface area contributed by atoms with Crippen molar-refractivity contribution >= 4 is 22.9 Å². The summed E-state index contributed by atoms with van der Waals surface area (Å²) in [5.41, 5.74) is 1.51. The molecule has 0 aliphatic carbocycles. The van der Waals surface area contributed by atoms with Gasteiger partial charge in [0.05, 0.1) is 23.8 Å². The highest BCUT2D eigenvalue weighted by molar-refractivity contribution is 14.1. The third-order valence-corrected chi connectivity index (χ3v) is 4.06. The highest BCUT2D eigenvalue weighted by Gasteiger charge is 2.20. The van der Waals surface area contributed by atoms with Crippen LogP contribution < -0.4 is 0 Å². The van der Waals surface area contributed by atoms with Crippen molar-refractivity contribution in [3.05, 3.63) is 53.9 Å². The fourth-order valence-corrected chi connectivity index (χ4v) is 2.88. The van der Waals surface area contributed by atoms with Gasteiger partial charge in [-0.3, -0.25) is 4.98 Å². The zero-order chi connectivity index (χ0) is 15.1. The van der Waals surface area contributed by atoms with E-state index in [1.165, 1.54) is 0 Å². The molecule has 6 heteroatoms. The summed E-state index contributed by atoms with van der Waals surface area (Å²) in [6.45, 7) is 2.84. The summed E-state index contributed by atoms with van der Waals surface area (Å²) in [6, 6.07) is 7.75. The van der Waals surface area contributed by atoms with E-state index < -0.39 is 0 Å². The van der Waals surface area contributed by atoms with Crippen LogP contribution in [0.25, 0.3) is 0 Å². The van der Waals surface area contributed by atoms with Crippen LogP contribution in [0, 0.1) is 11.3 Å². The van der Waals surface area contributed by atoms with Crippen LogP contribution in [0.1, 0.15) is 42.9 Å². The van der Waals surface area contributed by atoms with Crippen LogP contribution in [-0.2, 0) is 6.54 Å². The van der Waals surface area contributed by atoms with Crippen molar-refractivity contribution in [1.82, 2.24) is 18.1 Å². The van der Waals surface area contributed by atoms with Gasteiger partial charge in [0.15, 0.2) is 0 Å². The Bertz CT molecular complexity index is 594. The zero-order valence-corrected chi connectivity index (χ0v) is 13.9. The molecule has 21 heavy (non-hydrogen) atoms. The second-order valence-corrected chi connectivity index (χ2v) is 5.86. The molecule has 2 aromatic heterocycles. The van der Waals surface area contributed by atoms with Crippen molar-refractivity contribution < 1.29 is 0 Å². The molecule has 0 unspecified atom stereocenters. The molecule has 5 nitrogen and oxygen atoms in total. The minimum atomic E-state index is 0.161. The van der Waals surface area contributed by atoms with Crippen molar-refractivity contribution in [2.24, 2.45) is 0 Å². The molecule has 2 rings (SSSR count). The Labute approximate surface area is 138 Å². The summed E-state index contributed by atoms with van der Waals surface area (Å²) in [5, 5.41) is 8.80. The first-order valence-corrected chi connectivity index (χ1v) is 7.75. The lowest BCUT2D eigenvalue weighted by molar-refractivity contribution is 0.343. The number of aromatic nitrogens is 3. The van der Waals surface area contributed by atoms with Gasteiger partial charge >= 0.3 is 0 Å². The van der Waals surface area contributed by atoms with Gasteiger partial charge in [-0.1, -0.05) is 13.3 Å². The van der Waals surface area contributed by atoms with Crippen molar-refractivity contribution in [1.29, 1.82) is 5.26 Å². The van der Waals surface area contributed by atoms with Gasteiger partial charge in [-0.05, 0) is 24.6 Å². The Morgan fingerprint density at radius 2 is 2.05 bits per heavy atom. The van der Waals surface area contributed by atoms with Crippen LogP contribution in [0.5, 0.6) is 0 Å². The summed E-state index contributed by atoms with van der Waals surface area (Å²) >= 11 is 2.30. The molecular weight excluding hydrogens is 377 g/mol. The lowest BCUT2D eigenvalue weighted by Crippen LogP contribution is -2.21. The lowest BCUT2D eigenvalue weighted by Gasteiger charge is -2.24. The Balaban J connectivity index is 2.11. The fourth-order valence-electron chi connectivity index (χ4n) is 2.00. The van der Waals surface area contributed by atoms with Gasteiger partial charge in [-0.25, -0.2) is 13.1 Å². The van der Waals surface area contributed by atoms with Gasteiger partial charge in [-0.15, -0.1) is 0 Å². The van der Waals surface area contributed by atoms with Gasteiger partial charge in [0, 0.05) is 41.5 Å². The first-order valence-electron chi connectivity index (χ1n) is 6.79. The first kappa shape index (κ1) is 15.8. The SMILES string of the molecule is CCC[C@@H](c1ncccn1)N(I)Cc1ccc(C#N)cn1. The van der Waals surface area contributed by atoms with Crippen LogP contribution in [-0.4, -0.2) is 18.1 Å². The van der Waals surface area contributed by atoms with Crippen molar-refractivity contribution in [2.45, 2.75) is 32.4 Å². The molecule has 0 bridgehead atoms. The molecule has 0 spiro atoms. The molecule has 0 N–H and O–H groups in total. The minimum Gasteiger partial charge on any atom is -0.259 e. The zero-order valence-electron chi connectivity index (χ0n) is 11.8. The maximum absolute atomic E-state index is 8.80. The van der Waals surface area contributed by atoms with Crippen molar-refractivity contribution in [3.63, 3.8) is 0 Å². The predicted octanol–water partition coefficient (Wildman–Crippen LogP) is 3.44. The van der Waals surface area contributed by atoms with Crippen LogP contribution in [0.4, 0.5) is 0 Å². The molecule has 0 saturated carbocycles. The third-order valence-electron chi connectivity index (χ3n) is 3.05. The van der Waals surface area contributed by atoms with Gasteiger partial charge in [0.25, 0.3) is 0 Å². The summed E-state index contributed by atoms with van der Waals surface area (Å²) < 4.78 is 2.17. The largest absolute Gasteiger partial charge is 0.259 e. The average molecular weight is 393 g/mol. The number of pyridine rings is 1. The molecule has 0 saturated heterocycles. The van der Waals surface area contributed by atoms with E-state index in [4.69, 9.17) is 5.26 Å². The van der Waals surface area contributed by atoms with E-state index in [-0.39, 0.29) is 6.04 Å². The second-order valence-electron chi connectivity index (χ2n) is 4.62. The Hall–Kier alpha value is -1.59. The molecule has 0 aliphatic rings. The normalized spacial score (nSPS) is 12.1. The summed E-state index contributed by atoms with van der Waals surface area (Å²) in [4.78, 5) is 13.0. The monoisotopic (exact) mass is 393 g/mol. The molecule has 0 amide bonds. The van der Waals surface area contributed by atoms with E-state index in [9.17, 15) is 0 Å². The molecule has 2 aromatic rings. The van der Waals surface area contributed by atoms with E-state index >= 15 is 0 Å². The number of hydrogen-bond acceptors (Lipinski definition) is 5. The van der Waals surface area contributed by atoms with Gasteiger partial charge < -0.3 is 0 Å². The van der Waals surface area contributed by atoms with E-state index in [0.717, 1.165) is 24.4 Å². The first-order chi connectivity index (χ1) is 10.2. The molecule has 1 atom stereocenters. The molecular formula is C15H16IN5. The van der Waals surface area contributed by atoms with Crippen molar-refractivity contribution in [2.75, 3.05) is 0 Å². The molecule has 0 aliphatic heterocycles.